The number of ether oxygens (including phenoxy) is 2. The third-order valence-corrected chi connectivity index (χ3v) is 4.13. The molecule has 1 aromatic carbocycles. The molecule has 0 radical (unpaired) electrons. The Balaban J connectivity index is 2.38. The lowest BCUT2D eigenvalue weighted by molar-refractivity contribution is -0.149. The fourth-order valence-electron chi connectivity index (χ4n) is 2.64. The zero-order chi connectivity index (χ0) is 20.1. The highest BCUT2D eigenvalue weighted by Gasteiger charge is 2.19. The number of nitrogens with two attached hydrogens (primary N) is 1. The molecule has 0 saturated carbocycles. The molecule has 1 atom stereocenters. The van der Waals surface area contributed by atoms with E-state index in [1.165, 1.54) is 13.0 Å². The van der Waals surface area contributed by atoms with Crippen LogP contribution < -0.4 is 10.5 Å². The van der Waals surface area contributed by atoms with Crippen LogP contribution in [0.3, 0.4) is 0 Å². The second kappa shape index (κ2) is 8.23. The summed E-state index contributed by atoms with van der Waals surface area (Å²) < 4.78 is 12.1. The van der Waals surface area contributed by atoms with Gasteiger partial charge in [-0.15, -0.1) is 0 Å². The molecule has 0 saturated heterocycles. The highest BCUT2D eigenvalue weighted by molar-refractivity contribution is 5.99. The van der Waals surface area contributed by atoms with Crippen molar-refractivity contribution in [1.29, 1.82) is 5.26 Å². The van der Waals surface area contributed by atoms with E-state index in [2.05, 4.69) is 0 Å². The van der Waals surface area contributed by atoms with Gasteiger partial charge in [-0.2, -0.15) is 5.26 Å². The maximum atomic E-state index is 12.1. The van der Waals surface area contributed by atoms with Gasteiger partial charge in [0.1, 0.15) is 17.4 Å². The number of primary amides is 1. The van der Waals surface area contributed by atoms with Crippen LogP contribution in [-0.2, 0) is 14.3 Å². The molecule has 0 unspecified atom stereocenters. The lowest BCUT2D eigenvalue weighted by Crippen LogP contribution is -2.30. The summed E-state index contributed by atoms with van der Waals surface area (Å²) in [6.07, 6.45) is 0.333. The quantitative estimate of drug-likeness (QED) is 0.479. The van der Waals surface area contributed by atoms with Gasteiger partial charge in [0, 0.05) is 17.1 Å². The standard InChI is InChI=1S/C20H21N3O4/c1-12-9-15(10-16(11-21)20(25)27-14(3)19(22)24)13(2)23(12)17-5-7-18(26-4)8-6-17/h5-10,14H,1-4H3,(H2,22,24)/b16-10+/t14-/m1/s1. The van der Waals surface area contributed by atoms with Gasteiger partial charge in [-0.25, -0.2) is 4.79 Å². The Morgan fingerprint density at radius 1 is 1.26 bits per heavy atom. The summed E-state index contributed by atoms with van der Waals surface area (Å²) in [5, 5.41) is 9.29. The summed E-state index contributed by atoms with van der Waals surface area (Å²) in [6, 6.07) is 11.2. The van der Waals surface area contributed by atoms with Crippen LogP contribution in [0.5, 0.6) is 5.75 Å². The summed E-state index contributed by atoms with van der Waals surface area (Å²) in [7, 11) is 1.60. The van der Waals surface area contributed by atoms with Crippen molar-refractivity contribution in [3.63, 3.8) is 0 Å². The van der Waals surface area contributed by atoms with Crippen molar-refractivity contribution < 1.29 is 19.1 Å². The molecule has 1 heterocycles. The normalized spacial score (nSPS) is 12.2. The number of nitrogens with zero attached hydrogens (tertiary/aromatic N) is 2. The van der Waals surface area contributed by atoms with Crippen LogP contribution in [0.25, 0.3) is 11.8 Å². The second-order valence-corrected chi connectivity index (χ2v) is 5.98. The van der Waals surface area contributed by atoms with Gasteiger partial charge in [0.25, 0.3) is 5.91 Å². The highest BCUT2D eigenvalue weighted by Crippen LogP contribution is 2.24. The number of carbonyl (C=O) groups excluding carboxylic acids is 2. The zero-order valence-corrected chi connectivity index (χ0v) is 15.6. The minimum Gasteiger partial charge on any atom is -0.497 e. The minimum atomic E-state index is -1.11. The first kappa shape index (κ1) is 19.8. The summed E-state index contributed by atoms with van der Waals surface area (Å²) in [5.74, 6) is -0.921. The van der Waals surface area contributed by atoms with E-state index in [9.17, 15) is 14.9 Å². The van der Waals surface area contributed by atoms with Crippen molar-refractivity contribution in [3.05, 3.63) is 52.9 Å². The number of esters is 1. The third-order valence-electron chi connectivity index (χ3n) is 4.13. The Morgan fingerprint density at radius 2 is 1.89 bits per heavy atom. The first-order valence-electron chi connectivity index (χ1n) is 8.24. The predicted octanol–water partition coefficient (Wildman–Crippen LogP) is 2.43. The van der Waals surface area contributed by atoms with Crippen molar-refractivity contribution in [2.24, 2.45) is 5.73 Å². The molecule has 1 aromatic heterocycles. The minimum absolute atomic E-state index is 0.210. The molecule has 0 spiro atoms. The summed E-state index contributed by atoms with van der Waals surface area (Å²) in [4.78, 5) is 23.1. The maximum absolute atomic E-state index is 12.1. The van der Waals surface area contributed by atoms with E-state index in [1.807, 2.05) is 54.8 Å². The number of carbonyl (C=O) groups is 2. The van der Waals surface area contributed by atoms with E-state index < -0.39 is 18.0 Å². The van der Waals surface area contributed by atoms with Gasteiger partial charge in [-0.1, -0.05) is 0 Å². The Bertz CT molecular complexity index is 933. The topological polar surface area (TPSA) is 107 Å². The molecule has 2 N–H and O–H groups in total. The molecular formula is C20H21N3O4. The fraction of sp³-hybridized carbons (Fsp3) is 0.250. The molecule has 2 rings (SSSR count). The number of methoxy groups -OCH3 is 1. The van der Waals surface area contributed by atoms with E-state index >= 15 is 0 Å². The summed E-state index contributed by atoms with van der Waals surface area (Å²) in [6.45, 7) is 5.16. The van der Waals surface area contributed by atoms with Crippen LogP contribution in [0.15, 0.2) is 35.9 Å². The number of nitriles is 1. The van der Waals surface area contributed by atoms with Crippen LogP contribution in [0.1, 0.15) is 23.9 Å². The number of benzene rings is 1. The molecule has 7 nitrogen and oxygen atoms in total. The first-order valence-corrected chi connectivity index (χ1v) is 8.24. The number of aromatic nitrogens is 1. The molecule has 0 aliphatic carbocycles. The van der Waals surface area contributed by atoms with Crippen LogP contribution >= 0.6 is 0 Å². The lowest BCUT2D eigenvalue weighted by atomic mass is 10.1. The molecule has 2 aromatic rings. The molecule has 27 heavy (non-hydrogen) atoms. The summed E-state index contributed by atoms with van der Waals surface area (Å²) >= 11 is 0. The van der Waals surface area contributed by atoms with Gasteiger partial charge < -0.3 is 19.8 Å². The number of hydrogen-bond donors (Lipinski definition) is 1. The van der Waals surface area contributed by atoms with Crippen LogP contribution in [0.2, 0.25) is 0 Å². The van der Waals surface area contributed by atoms with Crippen molar-refractivity contribution in [3.8, 4) is 17.5 Å². The van der Waals surface area contributed by atoms with Crippen LogP contribution in [-0.4, -0.2) is 29.7 Å². The smallest absolute Gasteiger partial charge is 0.349 e. The Morgan fingerprint density at radius 3 is 2.41 bits per heavy atom. The SMILES string of the molecule is COc1ccc(-n2c(C)cc(/C=C(\C#N)C(=O)O[C@H](C)C(N)=O)c2C)cc1. The fourth-order valence-corrected chi connectivity index (χ4v) is 2.64. The van der Waals surface area contributed by atoms with Gasteiger partial charge in [-0.05, 0) is 62.7 Å². The molecule has 0 aliphatic heterocycles. The molecule has 140 valence electrons. The number of amides is 1. The van der Waals surface area contributed by atoms with E-state index in [0.29, 0.717) is 5.56 Å². The van der Waals surface area contributed by atoms with E-state index in [0.717, 1.165) is 22.8 Å². The highest BCUT2D eigenvalue weighted by atomic mass is 16.5. The number of rotatable bonds is 6. The van der Waals surface area contributed by atoms with Gasteiger partial charge >= 0.3 is 5.97 Å². The second-order valence-electron chi connectivity index (χ2n) is 5.98. The van der Waals surface area contributed by atoms with Gasteiger partial charge in [0.15, 0.2) is 6.10 Å². The lowest BCUT2D eigenvalue weighted by Gasteiger charge is -2.10. The Hall–Kier alpha value is -3.53. The largest absolute Gasteiger partial charge is 0.497 e. The van der Waals surface area contributed by atoms with Gasteiger partial charge in [-0.3, -0.25) is 4.79 Å². The molecule has 7 heteroatoms. The average Bonchev–Trinajstić information content (AvgIpc) is 2.92. The summed E-state index contributed by atoms with van der Waals surface area (Å²) in [5.41, 5.74) is 8.27. The number of hydrogen-bond acceptors (Lipinski definition) is 5. The Labute approximate surface area is 157 Å². The van der Waals surface area contributed by atoms with Gasteiger partial charge in [0.2, 0.25) is 0 Å². The van der Waals surface area contributed by atoms with Crippen molar-refractivity contribution >= 4 is 18.0 Å². The third kappa shape index (κ3) is 4.36. The molecule has 0 aliphatic rings. The van der Waals surface area contributed by atoms with Crippen molar-refractivity contribution in [2.75, 3.05) is 7.11 Å². The monoisotopic (exact) mass is 367 g/mol. The first-order chi connectivity index (χ1) is 12.8. The van der Waals surface area contributed by atoms with E-state index in [-0.39, 0.29) is 5.57 Å². The van der Waals surface area contributed by atoms with Crippen molar-refractivity contribution in [1.82, 2.24) is 4.57 Å². The maximum Gasteiger partial charge on any atom is 0.349 e. The van der Waals surface area contributed by atoms with Crippen LogP contribution in [0.4, 0.5) is 0 Å². The molecule has 1 amide bonds. The predicted molar refractivity (Wildman–Crippen MR) is 100 cm³/mol. The Kier molecular flexibility index (Phi) is 6.03. The molecular weight excluding hydrogens is 346 g/mol. The molecule has 0 bridgehead atoms. The van der Waals surface area contributed by atoms with E-state index in [1.54, 1.807) is 7.11 Å². The van der Waals surface area contributed by atoms with Gasteiger partial charge in [0.05, 0.1) is 7.11 Å². The van der Waals surface area contributed by atoms with E-state index in [4.69, 9.17) is 15.2 Å². The van der Waals surface area contributed by atoms with Crippen LogP contribution in [0, 0.1) is 25.2 Å². The average molecular weight is 367 g/mol. The zero-order valence-electron chi connectivity index (χ0n) is 15.6. The number of aryl methyl sites for hydroxylation is 1. The molecule has 0 fully saturated rings. The van der Waals surface area contributed by atoms with Crippen molar-refractivity contribution in [2.45, 2.75) is 26.9 Å².